The van der Waals surface area contributed by atoms with Crippen molar-refractivity contribution in [1.29, 1.82) is 0 Å². The number of carbonyl (C=O) groups excluding carboxylic acids is 1. The molecule has 0 bridgehead atoms. The van der Waals surface area contributed by atoms with E-state index in [1.54, 1.807) is 24.3 Å². The van der Waals surface area contributed by atoms with Crippen LogP contribution in [-0.2, 0) is 4.79 Å². The van der Waals surface area contributed by atoms with E-state index in [9.17, 15) is 15.0 Å². The zero-order valence-electron chi connectivity index (χ0n) is 8.85. The van der Waals surface area contributed by atoms with E-state index >= 15 is 0 Å². The monoisotopic (exact) mass is 287 g/mol. The maximum atomic E-state index is 10.9. The SMILES string of the molecule is CC(=O)Nc1cccc(C(O)C(O)CBr)c1. The molecule has 5 heteroatoms. The molecule has 2 unspecified atom stereocenters. The summed E-state index contributed by atoms with van der Waals surface area (Å²) in [5.74, 6) is -0.173. The number of rotatable bonds is 4. The Morgan fingerprint density at radius 1 is 1.50 bits per heavy atom. The van der Waals surface area contributed by atoms with Crippen LogP contribution in [0.15, 0.2) is 24.3 Å². The summed E-state index contributed by atoms with van der Waals surface area (Å²) in [5.41, 5.74) is 1.17. The maximum absolute atomic E-state index is 10.9. The van der Waals surface area contributed by atoms with Gasteiger partial charge in [0.1, 0.15) is 6.10 Å². The first-order chi connectivity index (χ1) is 7.54. The maximum Gasteiger partial charge on any atom is 0.221 e. The molecule has 2 atom stereocenters. The van der Waals surface area contributed by atoms with Crippen LogP contribution in [0.5, 0.6) is 0 Å². The standard InChI is InChI=1S/C11H14BrNO3/c1-7(14)13-9-4-2-3-8(5-9)11(16)10(15)6-12/h2-5,10-11,15-16H,6H2,1H3,(H,13,14). The quantitative estimate of drug-likeness (QED) is 0.734. The van der Waals surface area contributed by atoms with Gasteiger partial charge in [-0.15, -0.1) is 0 Å². The molecule has 0 saturated heterocycles. The third kappa shape index (κ3) is 3.59. The Balaban J connectivity index is 2.85. The molecule has 88 valence electrons. The van der Waals surface area contributed by atoms with Gasteiger partial charge in [0.05, 0.1) is 6.10 Å². The third-order valence-electron chi connectivity index (χ3n) is 2.07. The summed E-state index contributed by atoms with van der Waals surface area (Å²) in [6, 6.07) is 6.77. The highest BCUT2D eigenvalue weighted by molar-refractivity contribution is 9.09. The number of benzene rings is 1. The van der Waals surface area contributed by atoms with E-state index in [4.69, 9.17) is 0 Å². The van der Waals surface area contributed by atoms with Crippen molar-refractivity contribution in [2.45, 2.75) is 19.1 Å². The average molecular weight is 288 g/mol. The van der Waals surface area contributed by atoms with Gasteiger partial charge in [-0.3, -0.25) is 4.79 Å². The molecule has 1 rings (SSSR count). The normalized spacial score (nSPS) is 14.2. The van der Waals surface area contributed by atoms with Gasteiger partial charge in [0.15, 0.2) is 0 Å². The molecule has 1 aromatic carbocycles. The van der Waals surface area contributed by atoms with Crippen LogP contribution >= 0.6 is 15.9 Å². The largest absolute Gasteiger partial charge is 0.389 e. The van der Waals surface area contributed by atoms with Crippen LogP contribution in [0.2, 0.25) is 0 Å². The van der Waals surface area contributed by atoms with Crippen molar-refractivity contribution in [2.75, 3.05) is 10.6 Å². The highest BCUT2D eigenvalue weighted by Crippen LogP contribution is 2.21. The summed E-state index contributed by atoms with van der Waals surface area (Å²) in [6.07, 6.45) is -1.83. The van der Waals surface area contributed by atoms with Gasteiger partial charge < -0.3 is 15.5 Å². The molecule has 0 spiro atoms. The minimum atomic E-state index is -0.965. The average Bonchev–Trinajstić information content (AvgIpc) is 2.26. The molecule has 3 N–H and O–H groups in total. The van der Waals surface area contributed by atoms with Crippen molar-refractivity contribution >= 4 is 27.5 Å². The summed E-state index contributed by atoms with van der Waals surface area (Å²) >= 11 is 3.09. The molecule has 0 radical (unpaired) electrons. The molecule has 0 heterocycles. The molecule has 0 saturated carbocycles. The highest BCUT2D eigenvalue weighted by atomic mass is 79.9. The summed E-state index contributed by atoms with van der Waals surface area (Å²) in [7, 11) is 0. The number of amides is 1. The van der Waals surface area contributed by atoms with Crippen molar-refractivity contribution in [2.24, 2.45) is 0 Å². The van der Waals surface area contributed by atoms with E-state index in [0.29, 0.717) is 16.6 Å². The topological polar surface area (TPSA) is 69.6 Å². The second-order valence-electron chi connectivity index (χ2n) is 3.47. The van der Waals surface area contributed by atoms with Crippen LogP contribution in [-0.4, -0.2) is 27.6 Å². The second-order valence-corrected chi connectivity index (χ2v) is 4.12. The number of alkyl halides is 1. The number of hydrogen-bond acceptors (Lipinski definition) is 3. The van der Waals surface area contributed by atoms with E-state index in [1.165, 1.54) is 6.92 Å². The molecule has 0 aliphatic carbocycles. The molecule has 0 aromatic heterocycles. The van der Waals surface area contributed by atoms with Gasteiger partial charge in [-0.25, -0.2) is 0 Å². The smallest absolute Gasteiger partial charge is 0.221 e. The summed E-state index contributed by atoms with van der Waals surface area (Å²) in [5, 5.41) is 22.1. The number of nitrogens with one attached hydrogen (secondary N) is 1. The minimum Gasteiger partial charge on any atom is -0.389 e. The van der Waals surface area contributed by atoms with Gasteiger partial charge in [0.25, 0.3) is 0 Å². The lowest BCUT2D eigenvalue weighted by atomic mass is 10.0. The molecule has 4 nitrogen and oxygen atoms in total. The predicted octanol–water partition coefficient (Wildman–Crippen LogP) is 1.43. The Morgan fingerprint density at radius 2 is 2.19 bits per heavy atom. The molecular formula is C11H14BrNO3. The fourth-order valence-electron chi connectivity index (χ4n) is 1.31. The molecule has 0 aliphatic heterocycles. The fourth-order valence-corrected chi connectivity index (χ4v) is 1.66. The Bertz CT molecular complexity index is 370. The highest BCUT2D eigenvalue weighted by Gasteiger charge is 2.17. The van der Waals surface area contributed by atoms with Gasteiger partial charge in [0.2, 0.25) is 5.91 Å². The van der Waals surface area contributed by atoms with Gasteiger partial charge in [-0.05, 0) is 17.7 Å². The lowest BCUT2D eigenvalue weighted by Crippen LogP contribution is -2.19. The summed E-state index contributed by atoms with van der Waals surface area (Å²) < 4.78 is 0. The van der Waals surface area contributed by atoms with E-state index in [1.807, 2.05) is 0 Å². The Kier molecular flexibility index (Phi) is 4.92. The van der Waals surface area contributed by atoms with E-state index < -0.39 is 12.2 Å². The molecule has 16 heavy (non-hydrogen) atoms. The molecular weight excluding hydrogens is 274 g/mol. The van der Waals surface area contributed by atoms with E-state index in [0.717, 1.165) is 0 Å². The Morgan fingerprint density at radius 3 is 2.75 bits per heavy atom. The lowest BCUT2D eigenvalue weighted by molar-refractivity contribution is -0.114. The number of carbonyl (C=O) groups is 1. The first-order valence-corrected chi connectivity index (χ1v) is 5.96. The summed E-state index contributed by atoms with van der Waals surface area (Å²) in [4.78, 5) is 10.9. The second kappa shape index (κ2) is 5.98. The first-order valence-electron chi connectivity index (χ1n) is 4.84. The first kappa shape index (κ1) is 13.2. The van der Waals surface area contributed by atoms with Crippen molar-refractivity contribution in [3.05, 3.63) is 29.8 Å². The number of anilines is 1. The summed E-state index contributed by atoms with van der Waals surface area (Å²) in [6.45, 7) is 1.41. The van der Waals surface area contributed by atoms with Gasteiger partial charge in [-0.2, -0.15) is 0 Å². The number of aliphatic hydroxyl groups excluding tert-OH is 2. The van der Waals surface area contributed by atoms with Crippen LogP contribution in [0.3, 0.4) is 0 Å². The van der Waals surface area contributed by atoms with Crippen molar-refractivity contribution in [1.82, 2.24) is 0 Å². The van der Waals surface area contributed by atoms with Crippen LogP contribution in [0.4, 0.5) is 5.69 Å². The minimum absolute atomic E-state index is 0.173. The molecule has 1 aromatic rings. The van der Waals surface area contributed by atoms with Gasteiger partial charge >= 0.3 is 0 Å². The predicted molar refractivity (Wildman–Crippen MR) is 65.5 cm³/mol. The Labute approximate surface area is 102 Å². The van der Waals surface area contributed by atoms with Crippen molar-refractivity contribution in [3.8, 4) is 0 Å². The van der Waals surface area contributed by atoms with Crippen LogP contribution in [0.1, 0.15) is 18.6 Å². The number of aliphatic hydroxyl groups is 2. The fraction of sp³-hybridized carbons (Fsp3) is 0.364. The number of hydrogen-bond donors (Lipinski definition) is 3. The number of halogens is 1. The lowest BCUT2D eigenvalue weighted by Gasteiger charge is -2.16. The third-order valence-corrected chi connectivity index (χ3v) is 2.73. The zero-order chi connectivity index (χ0) is 12.1. The van der Waals surface area contributed by atoms with Crippen LogP contribution in [0.25, 0.3) is 0 Å². The zero-order valence-corrected chi connectivity index (χ0v) is 10.4. The van der Waals surface area contributed by atoms with Gasteiger partial charge in [0, 0.05) is 17.9 Å². The van der Waals surface area contributed by atoms with Gasteiger partial charge in [-0.1, -0.05) is 28.1 Å². The molecule has 1 amide bonds. The van der Waals surface area contributed by atoms with Crippen LogP contribution < -0.4 is 5.32 Å². The van der Waals surface area contributed by atoms with E-state index in [2.05, 4.69) is 21.2 Å². The molecule has 0 aliphatic rings. The van der Waals surface area contributed by atoms with E-state index in [-0.39, 0.29) is 5.91 Å². The van der Waals surface area contributed by atoms with Crippen LogP contribution in [0, 0.1) is 0 Å². The molecule has 0 fully saturated rings. The van der Waals surface area contributed by atoms with Crippen molar-refractivity contribution < 1.29 is 15.0 Å². The Hall–Kier alpha value is -0.910. The van der Waals surface area contributed by atoms with Crippen molar-refractivity contribution in [3.63, 3.8) is 0 Å².